The maximum absolute atomic E-state index is 11.6. The molecule has 0 saturated carbocycles. The first-order chi connectivity index (χ1) is 10.2. The minimum absolute atomic E-state index is 0.187. The van der Waals surface area contributed by atoms with Gasteiger partial charge in [-0.05, 0) is 37.1 Å². The van der Waals surface area contributed by atoms with Crippen LogP contribution in [0.25, 0.3) is 6.08 Å². The van der Waals surface area contributed by atoms with E-state index >= 15 is 0 Å². The number of carbonyl (C=O) groups excluding carboxylic acids is 1. The zero-order chi connectivity index (χ0) is 15.5. The third-order valence-corrected chi connectivity index (χ3v) is 2.75. The van der Waals surface area contributed by atoms with Crippen LogP contribution < -0.4 is 10.1 Å². The monoisotopic (exact) mass is 293 g/mol. The minimum Gasteiger partial charge on any atom is -0.494 e. The van der Waals surface area contributed by atoms with Crippen molar-refractivity contribution in [2.24, 2.45) is 0 Å². The fourth-order valence-electron chi connectivity index (χ4n) is 1.71. The largest absolute Gasteiger partial charge is 0.494 e. The summed E-state index contributed by atoms with van der Waals surface area (Å²) in [7, 11) is 1.53. The van der Waals surface area contributed by atoms with Crippen molar-refractivity contribution >= 4 is 12.0 Å². The molecule has 1 atom stereocenters. The van der Waals surface area contributed by atoms with Crippen molar-refractivity contribution in [2.75, 3.05) is 26.9 Å². The van der Waals surface area contributed by atoms with Gasteiger partial charge in [0, 0.05) is 19.7 Å². The molecule has 0 aliphatic heterocycles. The van der Waals surface area contributed by atoms with E-state index in [2.05, 4.69) is 5.32 Å². The van der Waals surface area contributed by atoms with Crippen LogP contribution in [0.15, 0.2) is 30.3 Å². The van der Waals surface area contributed by atoms with Gasteiger partial charge >= 0.3 is 0 Å². The molecule has 21 heavy (non-hydrogen) atoms. The molecule has 5 heteroatoms. The van der Waals surface area contributed by atoms with Gasteiger partial charge in [0.15, 0.2) is 0 Å². The third-order valence-electron chi connectivity index (χ3n) is 2.75. The van der Waals surface area contributed by atoms with Gasteiger partial charge in [-0.3, -0.25) is 4.79 Å². The molecule has 116 valence electrons. The third kappa shape index (κ3) is 7.48. The second kappa shape index (κ2) is 9.96. The first kappa shape index (κ1) is 17.2. The number of hydrogen-bond acceptors (Lipinski definition) is 4. The summed E-state index contributed by atoms with van der Waals surface area (Å²) in [6, 6.07) is 7.50. The lowest BCUT2D eigenvalue weighted by molar-refractivity contribution is -0.116. The topological polar surface area (TPSA) is 67.8 Å². The Morgan fingerprint density at radius 3 is 2.71 bits per heavy atom. The Bertz CT molecular complexity index is 442. The van der Waals surface area contributed by atoms with Gasteiger partial charge in [-0.1, -0.05) is 12.1 Å². The molecule has 0 bridgehead atoms. The van der Waals surface area contributed by atoms with Gasteiger partial charge in [-0.2, -0.15) is 0 Å². The van der Waals surface area contributed by atoms with Gasteiger partial charge in [0.05, 0.1) is 19.3 Å². The quantitative estimate of drug-likeness (QED) is 0.679. The van der Waals surface area contributed by atoms with E-state index in [0.717, 1.165) is 11.3 Å². The number of ether oxygens (including phenoxy) is 2. The fourth-order valence-corrected chi connectivity index (χ4v) is 1.71. The van der Waals surface area contributed by atoms with Crippen molar-refractivity contribution in [1.29, 1.82) is 0 Å². The number of hydrogen-bond donors (Lipinski definition) is 2. The highest BCUT2D eigenvalue weighted by molar-refractivity contribution is 5.91. The summed E-state index contributed by atoms with van der Waals surface area (Å²) in [5, 5.41) is 12.1. The van der Waals surface area contributed by atoms with Crippen molar-refractivity contribution in [3.8, 4) is 5.75 Å². The molecule has 0 aliphatic rings. The van der Waals surface area contributed by atoms with Gasteiger partial charge in [0.2, 0.25) is 5.91 Å². The molecule has 0 fully saturated rings. The fraction of sp³-hybridized carbons (Fsp3) is 0.438. The summed E-state index contributed by atoms with van der Waals surface area (Å²) in [5.74, 6) is 0.625. The Morgan fingerprint density at radius 1 is 1.38 bits per heavy atom. The maximum atomic E-state index is 11.6. The summed E-state index contributed by atoms with van der Waals surface area (Å²) in [5.41, 5.74) is 0.924. The molecule has 0 saturated heterocycles. The van der Waals surface area contributed by atoms with Crippen LogP contribution in [-0.4, -0.2) is 44.0 Å². The van der Waals surface area contributed by atoms with E-state index in [0.29, 0.717) is 19.6 Å². The van der Waals surface area contributed by atoms with Crippen LogP contribution in [0.4, 0.5) is 0 Å². The molecule has 0 spiro atoms. The van der Waals surface area contributed by atoms with E-state index in [1.807, 2.05) is 31.2 Å². The Kier molecular flexibility index (Phi) is 8.16. The van der Waals surface area contributed by atoms with Crippen LogP contribution in [-0.2, 0) is 9.53 Å². The number of amides is 1. The molecular formula is C16H23NO4. The second-order valence-electron chi connectivity index (χ2n) is 4.52. The summed E-state index contributed by atoms with van der Waals surface area (Å²) in [4.78, 5) is 11.6. The summed E-state index contributed by atoms with van der Waals surface area (Å²) in [6.45, 7) is 3.25. The van der Waals surface area contributed by atoms with Crippen LogP contribution in [0.5, 0.6) is 5.75 Å². The molecule has 5 nitrogen and oxygen atoms in total. The number of rotatable bonds is 9. The van der Waals surface area contributed by atoms with Crippen LogP contribution >= 0.6 is 0 Å². The lowest BCUT2D eigenvalue weighted by Crippen LogP contribution is -2.27. The Balaban J connectivity index is 2.33. The predicted molar refractivity (Wildman–Crippen MR) is 82.2 cm³/mol. The Hall–Kier alpha value is -1.85. The van der Waals surface area contributed by atoms with E-state index in [1.165, 1.54) is 13.2 Å². The lowest BCUT2D eigenvalue weighted by atomic mass is 10.2. The van der Waals surface area contributed by atoms with Crippen molar-refractivity contribution in [3.05, 3.63) is 35.9 Å². The van der Waals surface area contributed by atoms with E-state index in [9.17, 15) is 9.90 Å². The predicted octanol–water partition coefficient (Wildman–Crippen LogP) is 1.61. The lowest BCUT2D eigenvalue weighted by Gasteiger charge is -2.08. The normalized spacial score (nSPS) is 12.3. The van der Waals surface area contributed by atoms with Crippen LogP contribution in [0.1, 0.15) is 18.9 Å². The van der Waals surface area contributed by atoms with E-state index in [4.69, 9.17) is 9.47 Å². The first-order valence-corrected chi connectivity index (χ1v) is 7.01. The highest BCUT2D eigenvalue weighted by atomic mass is 16.5. The molecule has 1 rings (SSSR count). The van der Waals surface area contributed by atoms with Gasteiger partial charge in [0.25, 0.3) is 0 Å². The van der Waals surface area contributed by atoms with Crippen LogP contribution in [0.2, 0.25) is 0 Å². The first-order valence-electron chi connectivity index (χ1n) is 7.01. The maximum Gasteiger partial charge on any atom is 0.244 e. The van der Waals surface area contributed by atoms with Crippen LogP contribution in [0, 0.1) is 0 Å². The highest BCUT2D eigenvalue weighted by Crippen LogP contribution is 2.12. The minimum atomic E-state index is -0.551. The molecule has 1 unspecified atom stereocenters. The molecule has 2 N–H and O–H groups in total. The molecular weight excluding hydrogens is 270 g/mol. The van der Waals surface area contributed by atoms with E-state index < -0.39 is 6.10 Å². The SMILES string of the molecule is CCOc1ccc(/C=C/C(=O)NCCC(O)COC)cc1. The summed E-state index contributed by atoms with van der Waals surface area (Å²) >= 11 is 0. The Morgan fingerprint density at radius 2 is 2.10 bits per heavy atom. The van der Waals surface area contributed by atoms with Crippen molar-refractivity contribution in [1.82, 2.24) is 5.32 Å². The van der Waals surface area contributed by atoms with Crippen molar-refractivity contribution < 1.29 is 19.4 Å². The number of aliphatic hydroxyl groups is 1. The zero-order valence-corrected chi connectivity index (χ0v) is 12.5. The molecule has 1 aromatic rings. The molecule has 1 amide bonds. The smallest absolute Gasteiger partial charge is 0.244 e. The van der Waals surface area contributed by atoms with Crippen molar-refractivity contribution in [3.63, 3.8) is 0 Å². The zero-order valence-electron chi connectivity index (χ0n) is 12.5. The van der Waals surface area contributed by atoms with Crippen molar-refractivity contribution in [2.45, 2.75) is 19.4 Å². The van der Waals surface area contributed by atoms with Gasteiger partial charge in [-0.15, -0.1) is 0 Å². The molecule has 0 radical (unpaired) electrons. The molecule has 0 aliphatic carbocycles. The molecule has 1 aromatic carbocycles. The Labute approximate surface area is 125 Å². The second-order valence-corrected chi connectivity index (χ2v) is 4.52. The molecule has 0 aromatic heterocycles. The highest BCUT2D eigenvalue weighted by Gasteiger charge is 2.03. The number of methoxy groups -OCH3 is 1. The van der Waals surface area contributed by atoms with Gasteiger partial charge in [0.1, 0.15) is 5.75 Å². The van der Waals surface area contributed by atoms with Gasteiger partial charge < -0.3 is 19.9 Å². The van der Waals surface area contributed by atoms with Crippen LogP contribution in [0.3, 0.4) is 0 Å². The van der Waals surface area contributed by atoms with E-state index in [1.54, 1.807) is 6.08 Å². The number of carbonyl (C=O) groups is 1. The standard InChI is InChI=1S/C16H23NO4/c1-3-21-15-7-4-13(5-8-15)6-9-16(19)17-11-10-14(18)12-20-2/h4-9,14,18H,3,10-12H2,1-2H3,(H,17,19)/b9-6+. The number of nitrogens with one attached hydrogen (secondary N) is 1. The summed E-state index contributed by atoms with van der Waals surface area (Å²) in [6.07, 6.45) is 3.12. The molecule has 0 heterocycles. The average Bonchev–Trinajstić information content (AvgIpc) is 2.47. The number of benzene rings is 1. The number of aliphatic hydroxyl groups excluding tert-OH is 1. The summed E-state index contributed by atoms with van der Waals surface area (Å²) < 4.78 is 10.2. The average molecular weight is 293 g/mol. The van der Waals surface area contributed by atoms with Gasteiger partial charge in [-0.25, -0.2) is 0 Å². The van der Waals surface area contributed by atoms with E-state index in [-0.39, 0.29) is 12.5 Å².